The molecule has 1 unspecified atom stereocenters. The second-order valence-corrected chi connectivity index (χ2v) is 6.63. The molecule has 0 aromatic heterocycles. The molecule has 17 heavy (non-hydrogen) atoms. The van der Waals surface area contributed by atoms with Crippen LogP contribution in [0.25, 0.3) is 0 Å². The summed E-state index contributed by atoms with van der Waals surface area (Å²) in [5, 5.41) is 8.73. The molecule has 1 saturated heterocycles. The lowest BCUT2D eigenvalue weighted by Crippen LogP contribution is -2.50. The van der Waals surface area contributed by atoms with E-state index in [2.05, 4.69) is 11.0 Å². The number of hydrogen-bond donors (Lipinski definition) is 0. The van der Waals surface area contributed by atoms with E-state index in [1.54, 1.807) is 4.31 Å². The molecule has 0 spiro atoms. The van der Waals surface area contributed by atoms with Crippen molar-refractivity contribution in [1.82, 2.24) is 9.21 Å². The zero-order valence-corrected chi connectivity index (χ0v) is 11.4. The maximum absolute atomic E-state index is 11.8. The van der Waals surface area contributed by atoms with E-state index in [9.17, 15) is 8.42 Å². The molecule has 0 aromatic rings. The fourth-order valence-electron chi connectivity index (χ4n) is 2.01. The van der Waals surface area contributed by atoms with Gasteiger partial charge >= 0.3 is 0 Å². The summed E-state index contributed by atoms with van der Waals surface area (Å²) in [5.41, 5.74) is 0. The summed E-state index contributed by atoms with van der Waals surface area (Å²) in [4.78, 5) is 2.16. The first-order valence-corrected chi connectivity index (χ1v) is 7.70. The number of sulfonamides is 1. The number of nitrogens with zero attached hydrogens (tertiary/aromatic N) is 3. The lowest BCUT2D eigenvalue weighted by Gasteiger charge is -2.34. The zero-order valence-electron chi connectivity index (χ0n) is 10.6. The molecule has 1 aliphatic heterocycles. The van der Waals surface area contributed by atoms with Crippen LogP contribution in [0.15, 0.2) is 0 Å². The largest absolute Gasteiger partial charge is 0.299 e. The first-order valence-electron chi connectivity index (χ1n) is 6.09. The highest BCUT2D eigenvalue weighted by molar-refractivity contribution is 7.89. The van der Waals surface area contributed by atoms with Gasteiger partial charge in [-0.2, -0.15) is 9.57 Å². The Morgan fingerprint density at radius 1 is 1.29 bits per heavy atom. The molecular formula is C11H21N3O2S. The summed E-state index contributed by atoms with van der Waals surface area (Å²) in [6, 6.07) is 2.20. The van der Waals surface area contributed by atoms with Crippen molar-refractivity contribution in [3.63, 3.8) is 0 Å². The highest BCUT2D eigenvalue weighted by atomic mass is 32.2. The van der Waals surface area contributed by atoms with Gasteiger partial charge in [0.25, 0.3) is 0 Å². The van der Waals surface area contributed by atoms with Crippen molar-refractivity contribution in [3.05, 3.63) is 0 Å². The SMILES string of the molecule is CCCS(=O)(=O)N1CCN(CC(C)C#N)CC1. The van der Waals surface area contributed by atoms with Crippen LogP contribution in [-0.2, 0) is 10.0 Å². The van der Waals surface area contributed by atoms with Crippen LogP contribution in [0.5, 0.6) is 0 Å². The summed E-state index contributed by atoms with van der Waals surface area (Å²) >= 11 is 0. The number of hydrogen-bond acceptors (Lipinski definition) is 4. The molecule has 1 aliphatic rings. The Balaban J connectivity index is 2.44. The predicted octanol–water partition coefficient (Wildman–Crippen LogP) is 0.503. The van der Waals surface area contributed by atoms with Crippen molar-refractivity contribution in [2.45, 2.75) is 20.3 Å². The monoisotopic (exact) mass is 259 g/mol. The fraction of sp³-hybridized carbons (Fsp3) is 0.909. The molecule has 0 saturated carbocycles. The van der Waals surface area contributed by atoms with Gasteiger partial charge in [-0.3, -0.25) is 4.90 Å². The second kappa shape index (κ2) is 6.34. The summed E-state index contributed by atoms with van der Waals surface area (Å²) in [7, 11) is -3.05. The van der Waals surface area contributed by atoms with Crippen molar-refractivity contribution >= 4 is 10.0 Å². The van der Waals surface area contributed by atoms with E-state index < -0.39 is 10.0 Å². The van der Waals surface area contributed by atoms with Crippen molar-refractivity contribution < 1.29 is 8.42 Å². The summed E-state index contributed by atoms with van der Waals surface area (Å²) < 4.78 is 25.2. The number of piperazine rings is 1. The molecule has 5 nitrogen and oxygen atoms in total. The van der Waals surface area contributed by atoms with Gasteiger partial charge in [0.05, 0.1) is 17.7 Å². The minimum absolute atomic E-state index is 0.00815. The molecule has 0 aliphatic carbocycles. The van der Waals surface area contributed by atoms with Crippen molar-refractivity contribution in [2.24, 2.45) is 5.92 Å². The van der Waals surface area contributed by atoms with E-state index in [1.807, 2.05) is 13.8 Å². The molecule has 1 fully saturated rings. The molecule has 0 aromatic carbocycles. The standard InChI is InChI=1S/C11H21N3O2S/c1-3-8-17(15,16)14-6-4-13(5-7-14)10-11(2)9-12/h11H,3-8,10H2,1-2H3. The molecule has 0 bridgehead atoms. The maximum atomic E-state index is 11.8. The van der Waals surface area contributed by atoms with Crippen LogP contribution >= 0.6 is 0 Å². The van der Waals surface area contributed by atoms with Gasteiger partial charge < -0.3 is 0 Å². The molecule has 1 atom stereocenters. The van der Waals surface area contributed by atoms with Gasteiger partial charge in [-0.15, -0.1) is 0 Å². The Morgan fingerprint density at radius 2 is 1.88 bits per heavy atom. The van der Waals surface area contributed by atoms with E-state index in [0.717, 1.165) is 19.6 Å². The molecule has 98 valence electrons. The van der Waals surface area contributed by atoms with Crippen LogP contribution in [-0.4, -0.2) is 56.1 Å². The third-order valence-corrected chi connectivity index (χ3v) is 5.02. The highest BCUT2D eigenvalue weighted by Gasteiger charge is 2.26. The van der Waals surface area contributed by atoms with E-state index in [-0.39, 0.29) is 11.7 Å². The lowest BCUT2D eigenvalue weighted by atomic mass is 10.2. The van der Waals surface area contributed by atoms with Crippen LogP contribution in [0.4, 0.5) is 0 Å². The van der Waals surface area contributed by atoms with E-state index >= 15 is 0 Å². The van der Waals surface area contributed by atoms with E-state index in [4.69, 9.17) is 5.26 Å². The predicted molar refractivity (Wildman–Crippen MR) is 66.9 cm³/mol. The van der Waals surface area contributed by atoms with E-state index in [0.29, 0.717) is 19.5 Å². The van der Waals surface area contributed by atoms with Gasteiger partial charge in [0.1, 0.15) is 0 Å². The summed E-state index contributed by atoms with van der Waals surface area (Å²) in [6.07, 6.45) is 0.661. The summed E-state index contributed by atoms with van der Waals surface area (Å²) in [6.45, 7) is 7.08. The quantitative estimate of drug-likeness (QED) is 0.721. The number of rotatable bonds is 5. The molecule has 0 amide bonds. The Bertz CT molecular complexity index is 367. The lowest BCUT2D eigenvalue weighted by molar-refractivity contribution is 0.178. The van der Waals surface area contributed by atoms with Crippen molar-refractivity contribution in [3.8, 4) is 6.07 Å². The van der Waals surface area contributed by atoms with E-state index in [1.165, 1.54) is 0 Å². The second-order valence-electron chi connectivity index (χ2n) is 4.55. The van der Waals surface area contributed by atoms with Gasteiger partial charge in [0, 0.05) is 32.7 Å². The Morgan fingerprint density at radius 3 is 2.35 bits per heavy atom. The van der Waals surface area contributed by atoms with Gasteiger partial charge in [0.15, 0.2) is 0 Å². The molecule has 1 heterocycles. The van der Waals surface area contributed by atoms with Crippen LogP contribution in [0, 0.1) is 17.2 Å². The average Bonchev–Trinajstić information content (AvgIpc) is 2.29. The average molecular weight is 259 g/mol. The van der Waals surface area contributed by atoms with Crippen LogP contribution in [0.2, 0.25) is 0 Å². The Kier molecular flexibility index (Phi) is 5.37. The molecule has 1 rings (SSSR count). The fourth-order valence-corrected chi connectivity index (χ4v) is 3.50. The molecule has 6 heteroatoms. The maximum Gasteiger partial charge on any atom is 0.214 e. The Hall–Kier alpha value is -0.640. The topological polar surface area (TPSA) is 64.4 Å². The normalized spacial score (nSPS) is 21.0. The highest BCUT2D eigenvalue weighted by Crippen LogP contribution is 2.10. The molecular weight excluding hydrogens is 238 g/mol. The third-order valence-electron chi connectivity index (χ3n) is 2.94. The van der Waals surface area contributed by atoms with Crippen LogP contribution < -0.4 is 0 Å². The molecule has 0 radical (unpaired) electrons. The Labute approximate surface area is 104 Å². The molecule has 0 N–H and O–H groups in total. The van der Waals surface area contributed by atoms with Gasteiger partial charge in [-0.1, -0.05) is 6.92 Å². The van der Waals surface area contributed by atoms with Crippen LogP contribution in [0.1, 0.15) is 20.3 Å². The van der Waals surface area contributed by atoms with Gasteiger partial charge in [-0.05, 0) is 13.3 Å². The smallest absolute Gasteiger partial charge is 0.214 e. The van der Waals surface area contributed by atoms with Crippen LogP contribution in [0.3, 0.4) is 0 Å². The van der Waals surface area contributed by atoms with Gasteiger partial charge in [-0.25, -0.2) is 8.42 Å². The first kappa shape index (κ1) is 14.4. The minimum atomic E-state index is -3.05. The van der Waals surface area contributed by atoms with Crippen molar-refractivity contribution in [1.29, 1.82) is 5.26 Å². The minimum Gasteiger partial charge on any atom is -0.299 e. The first-order chi connectivity index (χ1) is 7.99. The summed E-state index contributed by atoms with van der Waals surface area (Å²) in [5.74, 6) is 0.246. The van der Waals surface area contributed by atoms with Gasteiger partial charge in [0.2, 0.25) is 10.0 Å². The van der Waals surface area contributed by atoms with Crippen molar-refractivity contribution in [2.75, 3.05) is 38.5 Å². The number of nitriles is 1. The zero-order chi connectivity index (χ0) is 12.9. The third kappa shape index (κ3) is 4.26.